The van der Waals surface area contributed by atoms with Crippen molar-refractivity contribution in [2.45, 2.75) is 9.79 Å². The fourth-order valence-corrected chi connectivity index (χ4v) is 3.14. The van der Waals surface area contributed by atoms with Crippen LogP contribution in [0.1, 0.15) is 0 Å². The van der Waals surface area contributed by atoms with E-state index < -0.39 is 30.0 Å². The summed E-state index contributed by atoms with van der Waals surface area (Å²) >= 11 is 0. The van der Waals surface area contributed by atoms with Gasteiger partial charge in [0, 0.05) is 5.69 Å². The second kappa shape index (κ2) is 5.70. The largest absolute Gasteiger partial charge is 0.398 e. The molecule has 0 aliphatic rings. The Morgan fingerprint density at radius 3 is 2.09 bits per heavy atom. The van der Waals surface area contributed by atoms with E-state index in [1.54, 1.807) is 0 Å². The first-order valence-electron chi connectivity index (χ1n) is 5.95. The molecule has 2 rings (SSSR count). The van der Waals surface area contributed by atoms with E-state index >= 15 is 0 Å². The zero-order chi connectivity index (χ0) is 17.4. The Kier molecular flexibility index (Phi) is 4.22. The molecule has 1 radical (unpaired) electrons. The van der Waals surface area contributed by atoms with Crippen LogP contribution in [0.15, 0.2) is 46.2 Å². The molecule has 2 aromatic rings. The summed E-state index contributed by atoms with van der Waals surface area (Å²) in [5.74, 6) is 0. The Labute approximate surface area is 132 Å². The molecule has 11 heteroatoms. The molecule has 0 fully saturated rings. The minimum atomic E-state index is -4.60. The average molecular weight is 358 g/mol. The standard InChI is InChI=1S/C12H12N3O6S2/c13-7-1-4-10(12(5-7)23(19,20)21)15-8-2-3-9(14)11(6-8)22(16,17)18/h1-6,13,15H,14H2,(H,16,17,18)(H,19,20,21). The second-order valence-corrected chi connectivity index (χ2v) is 7.32. The lowest BCUT2D eigenvalue weighted by molar-refractivity contribution is 0.481. The minimum Gasteiger partial charge on any atom is -0.398 e. The summed E-state index contributed by atoms with van der Waals surface area (Å²) in [6, 6.07) is 7.00. The van der Waals surface area contributed by atoms with Crippen LogP contribution in [0.3, 0.4) is 0 Å². The molecule has 0 spiro atoms. The lowest BCUT2D eigenvalue weighted by atomic mass is 10.2. The number of hydrogen-bond acceptors (Lipinski definition) is 6. The molecule has 2 aromatic carbocycles. The molecule has 0 aliphatic heterocycles. The Hall–Kier alpha value is -2.34. The van der Waals surface area contributed by atoms with Gasteiger partial charge in [0.2, 0.25) is 0 Å². The van der Waals surface area contributed by atoms with E-state index in [1.165, 1.54) is 24.3 Å². The zero-order valence-corrected chi connectivity index (χ0v) is 13.0. The number of benzene rings is 2. The quantitative estimate of drug-likeness (QED) is 0.469. The second-order valence-electron chi connectivity index (χ2n) is 4.54. The van der Waals surface area contributed by atoms with E-state index in [2.05, 4.69) is 5.32 Å². The fourth-order valence-electron chi connectivity index (χ4n) is 1.83. The van der Waals surface area contributed by atoms with Gasteiger partial charge in [-0.2, -0.15) is 16.8 Å². The zero-order valence-electron chi connectivity index (χ0n) is 11.4. The number of nitrogens with two attached hydrogens (primary N) is 1. The van der Waals surface area contributed by atoms with Gasteiger partial charge in [0.1, 0.15) is 9.79 Å². The molecule has 9 nitrogen and oxygen atoms in total. The lowest BCUT2D eigenvalue weighted by Crippen LogP contribution is -2.06. The summed E-state index contributed by atoms with van der Waals surface area (Å²) in [6.45, 7) is 0. The van der Waals surface area contributed by atoms with Crippen LogP contribution in [0.5, 0.6) is 0 Å². The van der Waals surface area contributed by atoms with E-state index in [-0.39, 0.29) is 22.7 Å². The van der Waals surface area contributed by atoms with Crippen molar-refractivity contribution in [3.63, 3.8) is 0 Å². The first-order valence-corrected chi connectivity index (χ1v) is 8.83. The maximum Gasteiger partial charge on any atom is 0.296 e. The van der Waals surface area contributed by atoms with Crippen LogP contribution in [0.25, 0.3) is 0 Å². The summed E-state index contributed by atoms with van der Waals surface area (Å²) in [4.78, 5) is -1.09. The predicted molar refractivity (Wildman–Crippen MR) is 83.0 cm³/mol. The van der Waals surface area contributed by atoms with Crippen molar-refractivity contribution in [3.05, 3.63) is 36.4 Å². The number of rotatable bonds is 4. The van der Waals surface area contributed by atoms with Crippen LogP contribution >= 0.6 is 0 Å². The smallest absolute Gasteiger partial charge is 0.296 e. The Bertz CT molecular complexity index is 970. The number of nitrogen functional groups attached to an aromatic ring is 1. The summed E-state index contributed by atoms with van der Waals surface area (Å²) in [7, 11) is -9.15. The van der Waals surface area contributed by atoms with E-state index in [9.17, 15) is 21.4 Å². The topological polar surface area (TPSA) is 171 Å². The van der Waals surface area contributed by atoms with Gasteiger partial charge in [-0.05, 0) is 36.4 Å². The molecule has 23 heavy (non-hydrogen) atoms. The fraction of sp³-hybridized carbons (Fsp3) is 0. The van der Waals surface area contributed by atoms with Crippen molar-refractivity contribution in [1.29, 1.82) is 0 Å². The Morgan fingerprint density at radius 2 is 1.52 bits per heavy atom. The van der Waals surface area contributed by atoms with E-state index in [4.69, 9.17) is 16.0 Å². The molecule has 0 saturated carbocycles. The Balaban J connectivity index is 2.53. The summed E-state index contributed by atoms with van der Waals surface area (Å²) in [5, 5.41) is 2.59. The molecule has 0 amide bonds. The maximum atomic E-state index is 11.4. The van der Waals surface area contributed by atoms with Gasteiger partial charge in [0.05, 0.1) is 17.1 Å². The monoisotopic (exact) mass is 358 g/mol. The molecule has 0 aromatic heterocycles. The van der Waals surface area contributed by atoms with Crippen molar-refractivity contribution in [2.75, 3.05) is 11.1 Å². The van der Waals surface area contributed by atoms with Crippen molar-refractivity contribution in [1.82, 2.24) is 5.73 Å². The van der Waals surface area contributed by atoms with Gasteiger partial charge in [0.15, 0.2) is 0 Å². The van der Waals surface area contributed by atoms with Gasteiger partial charge in [-0.1, -0.05) is 0 Å². The molecule has 0 aliphatic carbocycles. The lowest BCUT2D eigenvalue weighted by Gasteiger charge is -2.12. The summed E-state index contributed by atoms with van der Waals surface area (Å²) in [6.07, 6.45) is 0. The molecule has 0 saturated heterocycles. The molecular formula is C12H12N3O6S2. The molecule has 123 valence electrons. The van der Waals surface area contributed by atoms with Gasteiger partial charge < -0.3 is 16.8 Å². The summed E-state index contributed by atoms with van der Waals surface area (Å²) < 4.78 is 63.4. The van der Waals surface area contributed by atoms with Crippen molar-refractivity contribution in [2.24, 2.45) is 0 Å². The highest BCUT2D eigenvalue weighted by Gasteiger charge is 2.18. The van der Waals surface area contributed by atoms with Crippen molar-refractivity contribution >= 4 is 43.0 Å². The van der Waals surface area contributed by atoms with Crippen molar-refractivity contribution in [3.8, 4) is 0 Å². The van der Waals surface area contributed by atoms with Gasteiger partial charge >= 0.3 is 0 Å². The van der Waals surface area contributed by atoms with Gasteiger partial charge in [-0.3, -0.25) is 9.11 Å². The normalized spacial score (nSPS) is 12.1. The third-order valence-corrected chi connectivity index (χ3v) is 4.63. The van der Waals surface area contributed by atoms with E-state index in [1.807, 2.05) is 0 Å². The molecule has 0 unspecified atom stereocenters. The van der Waals surface area contributed by atoms with Crippen LogP contribution < -0.4 is 16.8 Å². The highest BCUT2D eigenvalue weighted by Crippen LogP contribution is 2.29. The predicted octanol–water partition coefficient (Wildman–Crippen LogP) is 1.42. The average Bonchev–Trinajstić information content (AvgIpc) is 2.40. The van der Waals surface area contributed by atoms with Gasteiger partial charge in [-0.25, -0.2) is 0 Å². The molecule has 0 bridgehead atoms. The Morgan fingerprint density at radius 1 is 0.913 bits per heavy atom. The van der Waals surface area contributed by atoms with Crippen LogP contribution in [-0.2, 0) is 20.2 Å². The maximum absolute atomic E-state index is 11.4. The SMILES string of the molecule is [NH]c1ccc(Nc2ccc(N)c(S(=O)(=O)O)c2)c(S(=O)(=O)O)c1. The molecule has 6 N–H and O–H groups in total. The molecule has 0 heterocycles. The first-order chi connectivity index (χ1) is 10.5. The first kappa shape index (κ1) is 17.0. The molecular weight excluding hydrogens is 346 g/mol. The number of nitrogens with one attached hydrogen (secondary N) is 2. The van der Waals surface area contributed by atoms with Crippen LogP contribution in [0.2, 0.25) is 0 Å². The van der Waals surface area contributed by atoms with Crippen LogP contribution in [0.4, 0.5) is 22.7 Å². The van der Waals surface area contributed by atoms with Gasteiger partial charge in [0.25, 0.3) is 20.2 Å². The van der Waals surface area contributed by atoms with E-state index in [0.717, 1.165) is 12.1 Å². The van der Waals surface area contributed by atoms with Crippen molar-refractivity contribution < 1.29 is 25.9 Å². The van der Waals surface area contributed by atoms with Crippen LogP contribution in [0, 0.1) is 0 Å². The van der Waals surface area contributed by atoms with Gasteiger partial charge in [-0.15, -0.1) is 0 Å². The number of hydrogen-bond donors (Lipinski definition) is 4. The van der Waals surface area contributed by atoms with Crippen LogP contribution in [-0.4, -0.2) is 25.9 Å². The highest BCUT2D eigenvalue weighted by molar-refractivity contribution is 7.86. The summed E-state index contributed by atoms with van der Waals surface area (Å²) in [5.41, 5.74) is 12.6. The third kappa shape index (κ3) is 3.90. The molecule has 0 atom stereocenters. The minimum absolute atomic E-state index is 0.0745. The highest BCUT2D eigenvalue weighted by atomic mass is 32.2. The third-order valence-electron chi connectivity index (χ3n) is 2.83. The van der Waals surface area contributed by atoms with E-state index in [0.29, 0.717) is 0 Å². The number of anilines is 3.